The number of amides is 4. The number of ether oxygens (including phenoxy) is 1. The van der Waals surface area contributed by atoms with Gasteiger partial charge in [-0.05, 0) is 51.4 Å². The summed E-state index contributed by atoms with van der Waals surface area (Å²) < 4.78 is 31.8. The van der Waals surface area contributed by atoms with Gasteiger partial charge in [-0.15, -0.1) is 13.2 Å². The Hall–Kier alpha value is -2.89. The lowest BCUT2D eigenvalue weighted by molar-refractivity contribution is -0.140. The highest BCUT2D eigenvalue weighted by Gasteiger charge is 2.62. The third-order valence-corrected chi connectivity index (χ3v) is 9.05. The Morgan fingerprint density at radius 2 is 1.81 bits per heavy atom. The topological polar surface area (TPSA) is 165 Å². The number of carbonyl (C=O) groups excluding carboxylic acids is 4. The van der Waals surface area contributed by atoms with Gasteiger partial charge in [0.1, 0.15) is 11.6 Å². The second-order valence-corrected chi connectivity index (χ2v) is 11.9. The number of nitrogens with two attached hydrogens (primary N) is 1. The van der Waals surface area contributed by atoms with Gasteiger partial charge in [0.25, 0.3) is 5.91 Å². The maximum atomic E-state index is 13.4. The number of carbonyl (C=O) groups is 4. The van der Waals surface area contributed by atoms with Crippen LogP contribution in [-0.4, -0.2) is 67.6 Å². The van der Waals surface area contributed by atoms with Gasteiger partial charge in [0.2, 0.25) is 21.8 Å². The normalized spacial score (nSPS) is 29.0. The molecule has 0 aromatic rings. The minimum absolute atomic E-state index is 0.0618. The fraction of sp³-hybridized carbons (Fsp3) is 0.667. The molecule has 4 N–H and O–H groups in total. The van der Waals surface area contributed by atoms with Gasteiger partial charge >= 0.3 is 6.09 Å². The number of rotatable bonds is 13. The highest BCUT2D eigenvalue weighted by molar-refractivity contribution is 7.91. The van der Waals surface area contributed by atoms with Crippen LogP contribution in [0.25, 0.3) is 0 Å². The SMILES string of the molecule is C=CCCCCN(C)C(=O)C1CC(OC(N)=O)CC1C(=O)NC1(C(=O)NS(=O)(=O)C2CC2)CC1C=C. The lowest BCUT2D eigenvalue weighted by Gasteiger charge is -2.26. The third-order valence-electron chi connectivity index (χ3n) is 7.23. The Bertz CT molecular complexity index is 1030. The molecule has 3 aliphatic carbocycles. The molecule has 0 spiro atoms. The Balaban J connectivity index is 1.73. The van der Waals surface area contributed by atoms with Gasteiger partial charge < -0.3 is 20.7 Å². The second kappa shape index (κ2) is 11.0. The first-order valence-corrected chi connectivity index (χ1v) is 13.8. The van der Waals surface area contributed by atoms with Crippen LogP contribution < -0.4 is 15.8 Å². The van der Waals surface area contributed by atoms with E-state index in [1.165, 1.54) is 6.08 Å². The first kappa shape index (κ1) is 27.7. The first-order valence-electron chi connectivity index (χ1n) is 12.3. The molecule has 200 valence electrons. The van der Waals surface area contributed by atoms with Crippen LogP contribution in [0.1, 0.15) is 51.4 Å². The molecule has 3 aliphatic rings. The monoisotopic (exact) mass is 524 g/mol. The summed E-state index contributed by atoms with van der Waals surface area (Å²) in [6, 6.07) is 0. The lowest BCUT2D eigenvalue weighted by Crippen LogP contribution is -2.54. The van der Waals surface area contributed by atoms with Gasteiger partial charge in [-0.1, -0.05) is 12.2 Å². The molecule has 0 bridgehead atoms. The second-order valence-electron chi connectivity index (χ2n) is 9.97. The molecule has 0 saturated heterocycles. The van der Waals surface area contributed by atoms with Crippen LogP contribution in [-0.2, 0) is 29.1 Å². The number of sulfonamides is 1. The predicted octanol–water partition coefficient (Wildman–Crippen LogP) is 0.961. The molecule has 0 aromatic carbocycles. The third kappa shape index (κ3) is 6.26. The van der Waals surface area contributed by atoms with E-state index in [4.69, 9.17) is 10.5 Å². The molecule has 3 fully saturated rings. The fourth-order valence-electron chi connectivity index (χ4n) is 4.87. The summed E-state index contributed by atoms with van der Waals surface area (Å²) >= 11 is 0. The first-order chi connectivity index (χ1) is 16.9. The van der Waals surface area contributed by atoms with Gasteiger partial charge in [-0.25, -0.2) is 13.2 Å². The highest BCUT2D eigenvalue weighted by Crippen LogP contribution is 2.46. The molecule has 4 amide bonds. The lowest BCUT2D eigenvalue weighted by atomic mass is 9.93. The molecular formula is C24H36N4O7S. The van der Waals surface area contributed by atoms with E-state index < -0.39 is 62.6 Å². The number of nitrogens with zero attached hydrogens (tertiary/aromatic N) is 1. The Labute approximate surface area is 211 Å². The number of hydrogen-bond acceptors (Lipinski definition) is 7. The Kier molecular flexibility index (Phi) is 8.48. The zero-order valence-corrected chi connectivity index (χ0v) is 21.4. The minimum Gasteiger partial charge on any atom is -0.446 e. The van der Waals surface area contributed by atoms with Gasteiger partial charge in [0.15, 0.2) is 0 Å². The Morgan fingerprint density at radius 1 is 1.14 bits per heavy atom. The van der Waals surface area contributed by atoms with E-state index in [2.05, 4.69) is 23.2 Å². The van der Waals surface area contributed by atoms with E-state index >= 15 is 0 Å². The van der Waals surface area contributed by atoms with Crippen LogP contribution in [0.15, 0.2) is 25.3 Å². The van der Waals surface area contributed by atoms with E-state index in [0.717, 1.165) is 19.3 Å². The minimum atomic E-state index is -3.81. The van der Waals surface area contributed by atoms with Crippen molar-refractivity contribution in [3.05, 3.63) is 25.3 Å². The van der Waals surface area contributed by atoms with Gasteiger partial charge in [-0.3, -0.25) is 19.1 Å². The van der Waals surface area contributed by atoms with E-state index in [0.29, 0.717) is 19.4 Å². The number of allylic oxidation sites excluding steroid dienone is 1. The van der Waals surface area contributed by atoms with Crippen molar-refractivity contribution < 1.29 is 32.3 Å². The average molecular weight is 525 g/mol. The molecule has 0 aliphatic heterocycles. The summed E-state index contributed by atoms with van der Waals surface area (Å²) in [7, 11) is -2.16. The van der Waals surface area contributed by atoms with Crippen LogP contribution in [0, 0.1) is 17.8 Å². The van der Waals surface area contributed by atoms with Crippen molar-refractivity contribution in [3.63, 3.8) is 0 Å². The molecule has 3 rings (SSSR count). The quantitative estimate of drug-likeness (QED) is 0.238. The van der Waals surface area contributed by atoms with E-state index in [1.807, 2.05) is 0 Å². The summed E-state index contributed by atoms with van der Waals surface area (Å²) in [6.45, 7) is 7.85. The molecule has 3 saturated carbocycles. The van der Waals surface area contributed by atoms with Crippen LogP contribution in [0.2, 0.25) is 0 Å². The van der Waals surface area contributed by atoms with E-state index in [1.54, 1.807) is 18.0 Å². The zero-order chi connectivity index (χ0) is 26.7. The summed E-state index contributed by atoms with van der Waals surface area (Å²) in [4.78, 5) is 52.5. The molecule has 0 radical (unpaired) electrons. The molecule has 36 heavy (non-hydrogen) atoms. The molecule has 0 aromatic heterocycles. The van der Waals surface area contributed by atoms with Crippen LogP contribution in [0.3, 0.4) is 0 Å². The van der Waals surface area contributed by atoms with Crippen LogP contribution in [0.5, 0.6) is 0 Å². The van der Waals surface area contributed by atoms with Crippen molar-refractivity contribution in [3.8, 4) is 0 Å². The Morgan fingerprint density at radius 3 is 2.36 bits per heavy atom. The number of hydrogen-bond donors (Lipinski definition) is 3. The molecule has 11 nitrogen and oxygen atoms in total. The molecule has 5 atom stereocenters. The van der Waals surface area contributed by atoms with Crippen molar-refractivity contribution in [1.82, 2.24) is 14.9 Å². The maximum Gasteiger partial charge on any atom is 0.404 e. The average Bonchev–Trinajstić information content (AvgIpc) is 3.72. The number of unbranched alkanes of at least 4 members (excludes halogenated alkanes) is 2. The number of nitrogens with one attached hydrogen (secondary N) is 2. The summed E-state index contributed by atoms with van der Waals surface area (Å²) in [5.41, 5.74) is 3.71. The smallest absolute Gasteiger partial charge is 0.404 e. The highest BCUT2D eigenvalue weighted by atomic mass is 32.2. The van der Waals surface area contributed by atoms with Crippen molar-refractivity contribution in [2.24, 2.45) is 23.5 Å². The predicted molar refractivity (Wildman–Crippen MR) is 132 cm³/mol. The van der Waals surface area contributed by atoms with Gasteiger partial charge in [0.05, 0.1) is 17.1 Å². The molecular weight excluding hydrogens is 488 g/mol. The van der Waals surface area contributed by atoms with Crippen LogP contribution >= 0.6 is 0 Å². The molecule has 12 heteroatoms. The van der Waals surface area contributed by atoms with Crippen molar-refractivity contribution >= 4 is 33.8 Å². The summed E-state index contributed by atoms with van der Waals surface area (Å²) in [6.07, 6.45) is 5.39. The van der Waals surface area contributed by atoms with E-state index in [-0.39, 0.29) is 25.2 Å². The van der Waals surface area contributed by atoms with Crippen molar-refractivity contribution in [2.45, 2.75) is 68.3 Å². The number of primary amides is 1. The largest absolute Gasteiger partial charge is 0.446 e. The summed E-state index contributed by atoms with van der Waals surface area (Å²) in [5, 5.41) is 2.11. The van der Waals surface area contributed by atoms with E-state index in [9.17, 15) is 27.6 Å². The fourth-order valence-corrected chi connectivity index (χ4v) is 6.24. The van der Waals surface area contributed by atoms with Crippen molar-refractivity contribution in [2.75, 3.05) is 13.6 Å². The molecule has 0 heterocycles. The van der Waals surface area contributed by atoms with Crippen molar-refractivity contribution in [1.29, 1.82) is 0 Å². The van der Waals surface area contributed by atoms with Gasteiger partial charge in [0, 0.05) is 19.5 Å². The zero-order valence-electron chi connectivity index (χ0n) is 20.6. The van der Waals surface area contributed by atoms with Gasteiger partial charge in [-0.2, -0.15) is 0 Å². The van der Waals surface area contributed by atoms with Crippen LogP contribution in [0.4, 0.5) is 4.79 Å². The molecule has 5 unspecified atom stereocenters. The standard InChI is InChI=1S/C24H36N4O7S/c1-4-6-7-8-11-28(3)21(30)19-13-16(35-23(25)32)12-18(19)20(29)26-24(14-15(24)5-2)22(31)27-36(33,34)17-9-10-17/h4-5,15-19H,1-2,6-14H2,3H3,(H2,25,32)(H,26,29)(H,27,31). The summed E-state index contributed by atoms with van der Waals surface area (Å²) in [5.74, 6) is -3.76. The maximum absolute atomic E-state index is 13.4.